The van der Waals surface area contributed by atoms with Crippen molar-refractivity contribution in [1.29, 1.82) is 0 Å². The predicted molar refractivity (Wildman–Crippen MR) is 83.1 cm³/mol. The van der Waals surface area contributed by atoms with Crippen LogP contribution < -0.4 is 10.5 Å². The van der Waals surface area contributed by atoms with Crippen molar-refractivity contribution in [2.45, 2.75) is 20.4 Å². The van der Waals surface area contributed by atoms with E-state index in [0.29, 0.717) is 5.56 Å². The molecule has 0 saturated heterocycles. The Hall–Kier alpha value is -2.43. The zero-order valence-electron chi connectivity index (χ0n) is 12.8. The number of rotatable bonds is 4. The molecule has 0 fully saturated rings. The van der Waals surface area contributed by atoms with Gasteiger partial charge in [0.15, 0.2) is 5.78 Å². The molecule has 2 rings (SSSR count). The highest BCUT2D eigenvalue weighted by Crippen LogP contribution is 2.12. The van der Waals surface area contributed by atoms with E-state index in [-0.39, 0.29) is 17.9 Å². The quantitative estimate of drug-likeness (QED) is 0.804. The molecule has 0 bridgehead atoms. The minimum absolute atomic E-state index is 0.0452. The molecule has 0 saturated carbocycles. The highest BCUT2D eigenvalue weighted by molar-refractivity contribution is 5.97. The van der Waals surface area contributed by atoms with Crippen LogP contribution in [0, 0.1) is 13.8 Å². The van der Waals surface area contributed by atoms with Gasteiger partial charge in [0.1, 0.15) is 6.54 Å². The lowest BCUT2D eigenvalue weighted by molar-refractivity contribution is 0.0965. The van der Waals surface area contributed by atoms with Crippen LogP contribution in [0.4, 0.5) is 5.69 Å². The fourth-order valence-corrected chi connectivity index (χ4v) is 2.14. The van der Waals surface area contributed by atoms with Crippen LogP contribution in [0.25, 0.3) is 0 Å². The van der Waals surface area contributed by atoms with Crippen molar-refractivity contribution < 1.29 is 4.79 Å². The predicted octanol–water partition coefficient (Wildman–Crippen LogP) is 1.81. The second-order valence-electron chi connectivity index (χ2n) is 5.35. The minimum atomic E-state index is -0.278. The van der Waals surface area contributed by atoms with Gasteiger partial charge < -0.3 is 4.90 Å². The maximum Gasteiger partial charge on any atom is 0.269 e. The summed E-state index contributed by atoms with van der Waals surface area (Å²) in [5.74, 6) is -0.111. The summed E-state index contributed by atoms with van der Waals surface area (Å²) in [7, 11) is 3.67. The maximum atomic E-state index is 12.3. The number of benzene rings is 1. The summed E-state index contributed by atoms with van der Waals surface area (Å²) in [5.41, 5.74) is 3.09. The van der Waals surface area contributed by atoms with E-state index in [9.17, 15) is 9.59 Å². The molecule has 2 aromatic rings. The molecule has 1 heterocycles. The van der Waals surface area contributed by atoms with E-state index in [1.54, 1.807) is 17.2 Å². The van der Waals surface area contributed by atoms with Gasteiger partial charge >= 0.3 is 0 Å². The average molecular weight is 285 g/mol. The Morgan fingerprint density at radius 1 is 1.24 bits per heavy atom. The minimum Gasteiger partial charge on any atom is -0.376 e. The Morgan fingerprint density at radius 2 is 1.95 bits per heavy atom. The number of anilines is 1. The summed E-state index contributed by atoms with van der Waals surface area (Å²) in [4.78, 5) is 26.1. The SMILES string of the molecule is Cc1ccc(C(=O)Cn2ncc(N(C)C)cc2=O)c(C)c1. The summed E-state index contributed by atoms with van der Waals surface area (Å²) < 4.78 is 1.19. The van der Waals surface area contributed by atoms with Crippen LogP contribution in [0.5, 0.6) is 0 Å². The van der Waals surface area contributed by atoms with Gasteiger partial charge in [-0.1, -0.05) is 23.8 Å². The molecular weight excluding hydrogens is 266 g/mol. The van der Waals surface area contributed by atoms with Gasteiger partial charge in [0, 0.05) is 25.7 Å². The Bertz CT molecular complexity index is 733. The number of hydrogen-bond acceptors (Lipinski definition) is 4. The molecule has 5 nitrogen and oxygen atoms in total. The van der Waals surface area contributed by atoms with Gasteiger partial charge in [-0.2, -0.15) is 5.10 Å². The van der Waals surface area contributed by atoms with Crippen LogP contribution in [0.15, 0.2) is 35.3 Å². The Balaban J connectivity index is 2.26. The first-order valence-corrected chi connectivity index (χ1v) is 6.73. The third-order valence-corrected chi connectivity index (χ3v) is 3.35. The molecular formula is C16H19N3O2. The van der Waals surface area contributed by atoms with Gasteiger partial charge in [-0.3, -0.25) is 9.59 Å². The van der Waals surface area contributed by atoms with Gasteiger partial charge in [0.25, 0.3) is 5.56 Å². The third-order valence-electron chi connectivity index (χ3n) is 3.35. The molecule has 0 spiro atoms. The second-order valence-corrected chi connectivity index (χ2v) is 5.35. The number of ketones is 1. The first kappa shape index (κ1) is 15.0. The average Bonchev–Trinajstić information content (AvgIpc) is 2.40. The topological polar surface area (TPSA) is 55.2 Å². The highest BCUT2D eigenvalue weighted by atomic mass is 16.1. The maximum absolute atomic E-state index is 12.3. The first-order valence-electron chi connectivity index (χ1n) is 6.73. The van der Waals surface area contributed by atoms with Crippen LogP contribution in [-0.2, 0) is 6.54 Å². The number of Topliss-reactive ketones (excluding diaryl/α,β-unsaturated/α-hetero) is 1. The van der Waals surface area contributed by atoms with Crippen molar-refractivity contribution in [1.82, 2.24) is 9.78 Å². The lowest BCUT2D eigenvalue weighted by Gasteiger charge is -2.12. The van der Waals surface area contributed by atoms with E-state index in [2.05, 4.69) is 5.10 Å². The third kappa shape index (κ3) is 3.37. The van der Waals surface area contributed by atoms with Crippen molar-refractivity contribution >= 4 is 11.5 Å². The number of carbonyl (C=O) groups excluding carboxylic acids is 1. The molecule has 5 heteroatoms. The standard InChI is InChI=1S/C16H19N3O2/c1-11-5-6-14(12(2)7-11)15(20)10-19-16(21)8-13(9-17-19)18(3)4/h5-9H,10H2,1-4H3. The van der Waals surface area contributed by atoms with E-state index in [1.165, 1.54) is 10.7 Å². The van der Waals surface area contributed by atoms with Gasteiger partial charge in [-0.05, 0) is 19.4 Å². The Morgan fingerprint density at radius 3 is 2.52 bits per heavy atom. The normalized spacial score (nSPS) is 10.5. The monoisotopic (exact) mass is 285 g/mol. The fourth-order valence-electron chi connectivity index (χ4n) is 2.14. The molecule has 0 amide bonds. The van der Waals surface area contributed by atoms with Gasteiger partial charge in [-0.15, -0.1) is 0 Å². The molecule has 0 aliphatic rings. The molecule has 1 aromatic heterocycles. The molecule has 0 aliphatic carbocycles. The lowest BCUT2D eigenvalue weighted by Crippen LogP contribution is -2.27. The van der Waals surface area contributed by atoms with E-state index < -0.39 is 0 Å². The zero-order chi connectivity index (χ0) is 15.6. The molecule has 21 heavy (non-hydrogen) atoms. The second kappa shape index (κ2) is 5.91. The highest BCUT2D eigenvalue weighted by Gasteiger charge is 2.12. The van der Waals surface area contributed by atoms with Gasteiger partial charge in [0.2, 0.25) is 0 Å². The molecule has 0 N–H and O–H groups in total. The van der Waals surface area contributed by atoms with Crippen molar-refractivity contribution in [3.8, 4) is 0 Å². The molecule has 0 aliphatic heterocycles. The fraction of sp³-hybridized carbons (Fsp3) is 0.312. The van der Waals surface area contributed by atoms with Crippen LogP contribution in [-0.4, -0.2) is 29.7 Å². The van der Waals surface area contributed by atoms with Crippen molar-refractivity contribution in [3.05, 3.63) is 57.5 Å². The summed E-state index contributed by atoms with van der Waals surface area (Å²) in [6.07, 6.45) is 1.58. The summed E-state index contributed by atoms with van der Waals surface area (Å²) >= 11 is 0. The van der Waals surface area contributed by atoms with E-state index in [4.69, 9.17) is 0 Å². The number of carbonyl (C=O) groups is 1. The van der Waals surface area contributed by atoms with Crippen LogP contribution >= 0.6 is 0 Å². The van der Waals surface area contributed by atoms with Crippen molar-refractivity contribution in [2.24, 2.45) is 0 Å². The number of hydrogen-bond donors (Lipinski definition) is 0. The van der Waals surface area contributed by atoms with Crippen LogP contribution in [0.1, 0.15) is 21.5 Å². The van der Waals surface area contributed by atoms with Crippen LogP contribution in [0.2, 0.25) is 0 Å². The van der Waals surface area contributed by atoms with E-state index in [0.717, 1.165) is 16.8 Å². The number of aryl methyl sites for hydroxylation is 2. The number of aromatic nitrogens is 2. The van der Waals surface area contributed by atoms with Gasteiger partial charge in [0.05, 0.1) is 11.9 Å². The molecule has 110 valence electrons. The van der Waals surface area contributed by atoms with E-state index >= 15 is 0 Å². The lowest BCUT2D eigenvalue weighted by atomic mass is 10.0. The first-order chi connectivity index (χ1) is 9.88. The van der Waals surface area contributed by atoms with Crippen molar-refractivity contribution in [3.63, 3.8) is 0 Å². The molecule has 1 aromatic carbocycles. The summed E-state index contributed by atoms with van der Waals surface area (Å²) in [5, 5.41) is 4.05. The van der Waals surface area contributed by atoms with E-state index in [1.807, 2.05) is 40.1 Å². The summed E-state index contributed by atoms with van der Waals surface area (Å²) in [6, 6.07) is 7.12. The zero-order valence-corrected chi connectivity index (χ0v) is 12.8. The number of nitrogens with zero attached hydrogens (tertiary/aromatic N) is 3. The van der Waals surface area contributed by atoms with Gasteiger partial charge in [-0.25, -0.2) is 4.68 Å². The van der Waals surface area contributed by atoms with Crippen LogP contribution in [0.3, 0.4) is 0 Å². The Labute approximate surface area is 123 Å². The smallest absolute Gasteiger partial charge is 0.269 e. The molecule has 0 radical (unpaired) electrons. The Kier molecular flexibility index (Phi) is 4.21. The van der Waals surface area contributed by atoms with Crippen molar-refractivity contribution in [2.75, 3.05) is 19.0 Å². The largest absolute Gasteiger partial charge is 0.376 e. The summed E-state index contributed by atoms with van der Waals surface area (Å²) in [6.45, 7) is 3.83. The molecule has 0 unspecified atom stereocenters. The molecule has 0 atom stereocenters.